The smallest absolute Gasteiger partial charge is 0.267 e. The number of H-pyrrole nitrogens is 1. The van der Waals surface area contributed by atoms with Crippen molar-refractivity contribution in [1.82, 2.24) is 15.0 Å². The predicted molar refractivity (Wildman–Crippen MR) is 87.6 cm³/mol. The lowest BCUT2D eigenvalue weighted by molar-refractivity contribution is -0.125. The van der Waals surface area contributed by atoms with E-state index in [0.717, 1.165) is 33.7 Å². The number of aromatic nitrogens is 3. The summed E-state index contributed by atoms with van der Waals surface area (Å²) >= 11 is 0. The maximum atomic E-state index is 12.1. The quantitative estimate of drug-likeness (QED) is 0.750. The zero-order valence-corrected chi connectivity index (χ0v) is 13.1. The topological polar surface area (TPSA) is 71.1 Å². The molecule has 0 bridgehead atoms. The number of ether oxygens (including phenoxy) is 1. The minimum atomic E-state index is -0.487. The molecule has 6 nitrogen and oxygen atoms in total. The van der Waals surface area contributed by atoms with Gasteiger partial charge in [0.05, 0.1) is 11.2 Å². The number of rotatable bonds is 1. The summed E-state index contributed by atoms with van der Waals surface area (Å²) in [6.45, 7) is 3.78. The Kier molecular flexibility index (Phi) is 2.87. The maximum Gasteiger partial charge on any atom is 0.267 e. The molecule has 1 atom stereocenters. The zero-order chi connectivity index (χ0) is 16.1. The Morgan fingerprint density at radius 3 is 2.87 bits per heavy atom. The molecule has 0 saturated heterocycles. The number of anilines is 1. The van der Waals surface area contributed by atoms with Crippen LogP contribution in [0.2, 0.25) is 0 Å². The highest BCUT2D eigenvalue weighted by Gasteiger charge is 2.29. The second-order valence-corrected chi connectivity index (χ2v) is 5.76. The number of likely N-dealkylation sites (N-methyl/N-ethyl adjacent to an activating group) is 1. The second kappa shape index (κ2) is 4.81. The number of hydrogen-bond donors (Lipinski definition) is 1. The molecule has 1 unspecified atom stereocenters. The van der Waals surface area contributed by atoms with E-state index < -0.39 is 6.10 Å². The fourth-order valence-electron chi connectivity index (χ4n) is 2.93. The number of aryl methyl sites for hydroxylation is 1. The molecule has 4 rings (SSSR count). The van der Waals surface area contributed by atoms with Crippen molar-refractivity contribution in [3.63, 3.8) is 0 Å². The molecule has 1 aliphatic rings. The van der Waals surface area contributed by atoms with Gasteiger partial charge in [0.2, 0.25) is 0 Å². The molecule has 0 saturated carbocycles. The van der Waals surface area contributed by atoms with Gasteiger partial charge in [-0.25, -0.2) is 9.97 Å². The highest BCUT2D eigenvalue weighted by molar-refractivity contribution is 6.02. The highest BCUT2D eigenvalue weighted by atomic mass is 16.5. The number of nitrogens with one attached hydrogen (secondary N) is 1. The first-order valence-corrected chi connectivity index (χ1v) is 7.44. The normalized spacial score (nSPS) is 17.3. The summed E-state index contributed by atoms with van der Waals surface area (Å²) < 4.78 is 5.74. The van der Waals surface area contributed by atoms with Gasteiger partial charge in [-0.05, 0) is 31.5 Å². The average molecular weight is 308 g/mol. The molecule has 0 radical (unpaired) electrons. The Hall–Kier alpha value is -2.89. The van der Waals surface area contributed by atoms with E-state index in [1.54, 1.807) is 31.3 Å². The average Bonchev–Trinajstić information content (AvgIpc) is 3.06. The lowest BCUT2D eigenvalue weighted by Gasteiger charge is -2.30. The molecule has 1 amide bonds. The van der Waals surface area contributed by atoms with Gasteiger partial charge in [0, 0.05) is 30.9 Å². The molecule has 0 aliphatic carbocycles. The second-order valence-electron chi connectivity index (χ2n) is 5.76. The van der Waals surface area contributed by atoms with Crippen molar-refractivity contribution in [2.45, 2.75) is 20.0 Å². The summed E-state index contributed by atoms with van der Waals surface area (Å²) in [6, 6.07) is 5.84. The fraction of sp³-hybridized carbons (Fsp3) is 0.235. The first kappa shape index (κ1) is 13.8. The molecule has 1 N–H and O–H groups in total. The van der Waals surface area contributed by atoms with Crippen LogP contribution in [0.25, 0.3) is 22.4 Å². The minimum Gasteiger partial charge on any atom is -0.479 e. The van der Waals surface area contributed by atoms with Crippen LogP contribution in [0, 0.1) is 6.92 Å². The van der Waals surface area contributed by atoms with Crippen LogP contribution in [0.15, 0.2) is 30.6 Å². The van der Waals surface area contributed by atoms with Crippen molar-refractivity contribution in [3.05, 3.63) is 36.2 Å². The van der Waals surface area contributed by atoms with Gasteiger partial charge < -0.3 is 14.6 Å². The molecule has 3 heterocycles. The Labute approximate surface area is 133 Å². The molecule has 0 spiro atoms. The van der Waals surface area contributed by atoms with Crippen molar-refractivity contribution in [2.24, 2.45) is 0 Å². The lowest BCUT2D eigenvalue weighted by atomic mass is 10.1. The third-order valence-corrected chi connectivity index (χ3v) is 4.18. The number of pyridine rings is 1. The van der Waals surface area contributed by atoms with E-state index in [1.807, 2.05) is 25.1 Å². The van der Waals surface area contributed by atoms with Crippen molar-refractivity contribution >= 4 is 22.5 Å². The van der Waals surface area contributed by atoms with Crippen LogP contribution in [-0.4, -0.2) is 34.0 Å². The van der Waals surface area contributed by atoms with Gasteiger partial charge in [-0.2, -0.15) is 0 Å². The van der Waals surface area contributed by atoms with Gasteiger partial charge >= 0.3 is 0 Å². The van der Waals surface area contributed by atoms with Crippen molar-refractivity contribution in [1.29, 1.82) is 0 Å². The number of carbonyl (C=O) groups is 1. The number of fused-ring (bicyclic) bond motifs is 2. The van der Waals surface area contributed by atoms with Crippen LogP contribution in [0.4, 0.5) is 5.69 Å². The molecule has 23 heavy (non-hydrogen) atoms. The number of hydrogen-bond acceptors (Lipinski definition) is 4. The Balaban J connectivity index is 1.94. The zero-order valence-electron chi connectivity index (χ0n) is 13.1. The monoisotopic (exact) mass is 308 g/mol. The van der Waals surface area contributed by atoms with Gasteiger partial charge in [-0.1, -0.05) is 0 Å². The number of aromatic amines is 1. The third kappa shape index (κ3) is 2.06. The first-order valence-electron chi connectivity index (χ1n) is 7.44. The largest absolute Gasteiger partial charge is 0.479 e. The van der Waals surface area contributed by atoms with Crippen LogP contribution in [0.3, 0.4) is 0 Å². The summed E-state index contributed by atoms with van der Waals surface area (Å²) in [7, 11) is 1.77. The molecule has 3 aromatic rings. The summed E-state index contributed by atoms with van der Waals surface area (Å²) in [5.41, 5.74) is 3.46. The number of benzene rings is 1. The summed E-state index contributed by atoms with van der Waals surface area (Å²) in [4.78, 5) is 25.7. The van der Waals surface area contributed by atoms with Crippen molar-refractivity contribution in [3.8, 4) is 17.3 Å². The van der Waals surface area contributed by atoms with Gasteiger partial charge in [-0.15, -0.1) is 0 Å². The van der Waals surface area contributed by atoms with Crippen LogP contribution < -0.4 is 9.64 Å². The predicted octanol–water partition coefficient (Wildman–Crippen LogP) is 2.68. The molecule has 1 aromatic carbocycles. The molecular weight excluding hydrogens is 292 g/mol. The SMILES string of the molecule is Cc1cc(-c2ncc[nH]2)nc2cc3c(cc12)N(C)C(=O)C(C)O3. The fourth-order valence-corrected chi connectivity index (χ4v) is 2.93. The van der Waals surface area contributed by atoms with E-state index in [0.29, 0.717) is 5.75 Å². The lowest BCUT2D eigenvalue weighted by Crippen LogP contribution is -2.41. The maximum absolute atomic E-state index is 12.1. The van der Waals surface area contributed by atoms with Crippen LogP contribution in [0.5, 0.6) is 5.75 Å². The van der Waals surface area contributed by atoms with E-state index >= 15 is 0 Å². The summed E-state index contributed by atoms with van der Waals surface area (Å²) in [5.74, 6) is 1.36. The van der Waals surface area contributed by atoms with Gasteiger partial charge in [0.15, 0.2) is 11.9 Å². The molecule has 6 heteroatoms. The van der Waals surface area contributed by atoms with E-state index in [-0.39, 0.29) is 5.91 Å². The number of imidazole rings is 1. The molecular formula is C17H16N4O2. The van der Waals surface area contributed by atoms with E-state index in [1.165, 1.54) is 0 Å². The third-order valence-electron chi connectivity index (χ3n) is 4.18. The molecule has 1 aliphatic heterocycles. The van der Waals surface area contributed by atoms with Crippen molar-refractivity contribution < 1.29 is 9.53 Å². The van der Waals surface area contributed by atoms with E-state index in [2.05, 4.69) is 15.0 Å². The molecule has 0 fully saturated rings. The minimum absolute atomic E-state index is 0.0466. The van der Waals surface area contributed by atoms with Gasteiger partial charge in [0.25, 0.3) is 5.91 Å². The Morgan fingerprint density at radius 2 is 2.13 bits per heavy atom. The van der Waals surface area contributed by atoms with Crippen molar-refractivity contribution in [2.75, 3.05) is 11.9 Å². The Morgan fingerprint density at radius 1 is 1.30 bits per heavy atom. The number of amides is 1. The van der Waals surface area contributed by atoms with Crippen LogP contribution >= 0.6 is 0 Å². The van der Waals surface area contributed by atoms with E-state index in [4.69, 9.17) is 4.74 Å². The van der Waals surface area contributed by atoms with Crippen LogP contribution in [-0.2, 0) is 4.79 Å². The first-order chi connectivity index (χ1) is 11.0. The summed E-state index contributed by atoms with van der Waals surface area (Å²) in [6.07, 6.45) is 2.99. The summed E-state index contributed by atoms with van der Waals surface area (Å²) in [5, 5.41) is 0.997. The molecule has 116 valence electrons. The molecule has 2 aromatic heterocycles. The number of carbonyl (C=O) groups excluding carboxylic acids is 1. The van der Waals surface area contributed by atoms with Crippen LogP contribution in [0.1, 0.15) is 12.5 Å². The van der Waals surface area contributed by atoms with Gasteiger partial charge in [0.1, 0.15) is 11.4 Å². The highest BCUT2D eigenvalue weighted by Crippen LogP contribution is 2.37. The number of nitrogens with zero attached hydrogens (tertiary/aromatic N) is 3. The Bertz CT molecular complexity index is 918. The van der Waals surface area contributed by atoms with E-state index in [9.17, 15) is 4.79 Å². The standard InChI is InChI=1S/C17H16N4O2/c1-9-6-13(16-18-4-5-19-16)20-12-8-15-14(7-11(9)12)21(3)17(22)10(2)23-15/h4-8,10H,1-3H3,(H,18,19). The van der Waals surface area contributed by atoms with Gasteiger partial charge in [-0.3, -0.25) is 4.79 Å².